The SMILES string of the molecule is CCOC(=O)c1cc(=O)c2ccc(I)cc2o1. The van der Waals surface area contributed by atoms with E-state index in [9.17, 15) is 9.59 Å². The highest BCUT2D eigenvalue weighted by atomic mass is 127. The van der Waals surface area contributed by atoms with Gasteiger partial charge in [0.05, 0.1) is 12.0 Å². The summed E-state index contributed by atoms with van der Waals surface area (Å²) in [6, 6.07) is 6.36. The second-order valence-electron chi connectivity index (χ2n) is 3.34. The standard InChI is InChI=1S/C12H9IO4/c1-2-16-12(15)11-6-9(14)8-4-3-7(13)5-10(8)17-11/h3-6H,2H2,1H3. The molecule has 1 aromatic heterocycles. The van der Waals surface area contributed by atoms with E-state index in [2.05, 4.69) is 22.6 Å². The minimum absolute atomic E-state index is 0.0636. The molecule has 0 spiro atoms. The second kappa shape index (κ2) is 4.87. The molecule has 2 aromatic rings. The summed E-state index contributed by atoms with van der Waals surface area (Å²) in [5, 5.41) is 0.457. The van der Waals surface area contributed by atoms with Crippen LogP contribution in [0.1, 0.15) is 17.5 Å². The Bertz CT molecular complexity index is 630. The largest absolute Gasteiger partial charge is 0.460 e. The average molecular weight is 344 g/mol. The van der Waals surface area contributed by atoms with Crippen LogP contribution in [0.4, 0.5) is 0 Å². The van der Waals surface area contributed by atoms with Crippen molar-refractivity contribution in [3.8, 4) is 0 Å². The lowest BCUT2D eigenvalue weighted by Crippen LogP contribution is -2.09. The van der Waals surface area contributed by atoms with Crippen molar-refractivity contribution in [1.29, 1.82) is 0 Å². The normalized spacial score (nSPS) is 10.5. The summed E-state index contributed by atoms with van der Waals surface area (Å²) in [5.41, 5.74) is 0.151. The van der Waals surface area contributed by atoms with Gasteiger partial charge in [0.25, 0.3) is 0 Å². The van der Waals surface area contributed by atoms with E-state index in [-0.39, 0.29) is 17.8 Å². The van der Waals surface area contributed by atoms with Gasteiger partial charge in [-0.1, -0.05) is 0 Å². The molecule has 4 nitrogen and oxygen atoms in total. The van der Waals surface area contributed by atoms with E-state index in [0.717, 1.165) is 9.64 Å². The number of ether oxygens (including phenoxy) is 1. The number of halogens is 1. The summed E-state index contributed by atoms with van der Waals surface area (Å²) in [4.78, 5) is 23.2. The van der Waals surface area contributed by atoms with Gasteiger partial charge in [0.1, 0.15) is 5.58 Å². The van der Waals surface area contributed by atoms with Crippen molar-refractivity contribution in [3.05, 3.63) is 43.8 Å². The average Bonchev–Trinajstić information content (AvgIpc) is 2.28. The Morgan fingerprint density at radius 3 is 2.88 bits per heavy atom. The smallest absolute Gasteiger partial charge is 0.374 e. The van der Waals surface area contributed by atoms with Crippen LogP contribution in [0.3, 0.4) is 0 Å². The highest BCUT2D eigenvalue weighted by molar-refractivity contribution is 14.1. The highest BCUT2D eigenvalue weighted by Gasteiger charge is 2.13. The van der Waals surface area contributed by atoms with E-state index in [4.69, 9.17) is 9.15 Å². The first-order chi connectivity index (χ1) is 8.11. The molecule has 5 heteroatoms. The van der Waals surface area contributed by atoms with E-state index >= 15 is 0 Å². The zero-order chi connectivity index (χ0) is 12.4. The summed E-state index contributed by atoms with van der Waals surface area (Å²) in [6.45, 7) is 1.94. The maximum Gasteiger partial charge on any atom is 0.374 e. The minimum atomic E-state index is -0.620. The summed E-state index contributed by atoms with van der Waals surface area (Å²) in [7, 11) is 0. The predicted molar refractivity (Wildman–Crippen MR) is 71.2 cm³/mol. The molecular weight excluding hydrogens is 335 g/mol. The van der Waals surface area contributed by atoms with E-state index in [1.165, 1.54) is 0 Å². The molecule has 0 saturated heterocycles. The minimum Gasteiger partial charge on any atom is -0.460 e. The Hall–Kier alpha value is -1.37. The molecule has 0 aliphatic rings. The first-order valence-electron chi connectivity index (χ1n) is 5.02. The first-order valence-corrected chi connectivity index (χ1v) is 6.10. The molecule has 0 aliphatic carbocycles. The number of esters is 1. The topological polar surface area (TPSA) is 56.5 Å². The molecule has 0 saturated carbocycles. The number of hydrogen-bond donors (Lipinski definition) is 0. The molecule has 2 rings (SSSR count). The van der Waals surface area contributed by atoms with Crippen LogP contribution in [0.25, 0.3) is 11.0 Å². The van der Waals surface area contributed by atoms with Crippen LogP contribution >= 0.6 is 22.6 Å². The number of carbonyl (C=O) groups is 1. The van der Waals surface area contributed by atoms with Crippen LogP contribution in [0, 0.1) is 3.57 Å². The third-order valence-corrected chi connectivity index (χ3v) is 2.84. The fourth-order valence-corrected chi connectivity index (χ4v) is 1.89. The van der Waals surface area contributed by atoms with Crippen LogP contribution in [-0.2, 0) is 4.74 Å². The Labute approximate surface area is 111 Å². The monoisotopic (exact) mass is 344 g/mol. The molecule has 0 radical (unpaired) electrons. The van der Waals surface area contributed by atoms with Crippen molar-refractivity contribution in [3.63, 3.8) is 0 Å². The van der Waals surface area contributed by atoms with Gasteiger partial charge in [-0.25, -0.2) is 4.79 Å². The molecule has 0 unspecified atom stereocenters. The van der Waals surface area contributed by atoms with Gasteiger partial charge in [-0.15, -0.1) is 0 Å². The van der Waals surface area contributed by atoms with E-state index < -0.39 is 5.97 Å². The molecule has 0 fully saturated rings. The van der Waals surface area contributed by atoms with Crippen molar-refractivity contribution < 1.29 is 13.9 Å². The molecule has 0 bridgehead atoms. The van der Waals surface area contributed by atoms with Gasteiger partial charge >= 0.3 is 5.97 Å². The Balaban J connectivity index is 2.61. The van der Waals surface area contributed by atoms with E-state index in [0.29, 0.717) is 11.0 Å². The molecule has 0 N–H and O–H groups in total. The van der Waals surface area contributed by atoms with E-state index in [1.54, 1.807) is 19.1 Å². The molecule has 88 valence electrons. The maximum absolute atomic E-state index is 11.7. The number of rotatable bonds is 2. The molecular formula is C12H9IO4. The second-order valence-corrected chi connectivity index (χ2v) is 4.58. The molecule has 1 aromatic carbocycles. The fraction of sp³-hybridized carbons (Fsp3) is 0.167. The zero-order valence-corrected chi connectivity index (χ0v) is 11.2. The Morgan fingerprint density at radius 1 is 1.41 bits per heavy atom. The highest BCUT2D eigenvalue weighted by Crippen LogP contribution is 2.16. The quantitative estimate of drug-likeness (QED) is 0.621. The number of benzene rings is 1. The summed E-state index contributed by atoms with van der Waals surface area (Å²) < 4.78 is 11.1. The van der Waals surface area contributed by atoms with Gasteiger partial charge in [0.15, 0.2) is 5.43 Å². The molecule has 0 atom stereocenters. The lowest BCUT2D eigenvalue weighted by Gasteiger charge is -2.02. The fourth-order valence-electron chi connectivity index (χ4n) is 1.43. The van der Waals surface area contributed by atoms with Crippen LogP contribution in [0.2, 0.25) is 0 Å². The van der Waals surface area contributed by atoms with Crippen LogP contribution in [0.15, 0.2) is 33.5 Å². The first kappa shape index (κ1) is 12.1. The van der Waals surface area contributed by atoms with Crippen LogP contribution in [0.5, 0.6) is 0 Å². The van der Waals surface area contributed by atoms with Gasteiger partial charge in [0, 0.05) is 9.64 Å². The molecule has 17 heavy (non-hydrogen) atoms. The third kappa shape index (κ3) is 2.49. The predicted octanol–water partition coefficient (Wildman–Crippen LogP) is 2.57. The zero-order valence-electron chi connectivity index (χ0n) is 9.03. The summed E-state index contributed by atoms with van der Waals surface area (Å²) in [5.74, 6) is -0.684. The number of fused-ring (bicyclic) bond motifs is 1. The van der Waals surface area contributed by atoms with E-state index in [1.807, 2.05) is 6.07 Å². The summed E-state index contributed by atoms with van der Waals surface area (Å²) in [6.07, 6.45) is 0. The van der Waals surface area contributed by atoms with Gasteiger partial charge in [-0.05, 0) is 47.7 Å². The van der Waals surface area contributed by atoms with Crippen LogP contribution in [-0.4, -0.2) is 12.6 Å². The van der Waals surface area contributed by atoms with Crippen molar-refractivity contribution in [1.82, 2.24) is 0 Å². The molecule has 0 aliphatic heterocycles. The third-order valence-electron chi connectivity index (χ3n) is 2.17. The van der Waals surface area contributed by atoms with Crippen molar-refractivity contribution in [2.45, 2.75) is 6.92 Å². The Morgan fingerprint density at radius 2 is 2.18 bits per heavy atom. The number of carbonyl (C=O) groups excluding carboxylic acids is 1. The van der Waals surface area contributed by atoms with Gasteiger partial charge in [-0.3, -0.25) is 4.79 Å². The lowest BCUT2D eigenvalue weighted by molar-refractivity contribution is 0.0490. The van der Waals surface area contributed by atoms with Crippen molar-refractivity contribution in [2.75, 3.05) is 6.61 Å². The van der Waals surface area contributed by atoms with Crippen molar-refractivity contribution in [2.24, 2.45) is 0 Å². The van der Waals surface area contributed by atoms with Gasteiger partial charge < -0.3 is 9.15 Å². The Kier molecular flexibility index (Phi) is 3.46. The summed E-state index contributed by atoms with van der Waals surface area (Å²) >= 11 is 2.11. The number of hydrogen-bond acceptors (Lipinski definition) is 4. The van der Waals surface area contributed by atoms with Crippen molar-refractivity contribution >= 4 is 39.5 Å². The van der Waals surface area contributed by atoms with Gasteiger partial charge in [0.2, 0.25) is 5.76 Å². The lowest BCUT2D eigenvalue weighted by atomic mass is 10.2. The van der Waals surface area contributed by atoms with Gasteiger partial charge in [-0.2, -0.15) is 0 Å². The van der Waals surface area contributed by atoms with Crippen LogP contribution < -0.4 is 5.43 Å². The maximum atomic E-state index is 11.7. The molecule has 1 heterocycles. The molecule has 0 amide bonds.